The quantitative estimate of drug-likeness (QED) is 0.184. The lowest BCUT2D eigenvalue weighted by molar-refractivity contribution is -0.114. The number of allylic oxidation sites excluding steroid dienone is 1. The van der Waals surface area contributed by atoms with Crippen LogP contribution in [0.1, 0.15) is 52.5 Å². The second kappa shape index (κ2) is 15.6. The van der Waals surface area contributed by atoms with Gasteiger partial charge in [0.05, 0.1) is 47.4 Å². The molecule has 3 rings (SSSR count). The van der Waals surface area contributed by atoms with Gasteiger partial charge in [0.1, 0.15) is 5.75 Å². The van der Waals surface area contributed by atoms with Crippen molar-refractivity contribution in [1.29, 1.82) is 0 Å². The molecule has 2 aliphatic rings. The lowest BCUT2D eigenvalue weighted by Crippen LogP contribution is -2.37. The number of aromatic hydroxyl groups is 1. The fourth-order valence-electron chi connectivity index (χ4n) is 5.75. The summed E-state index contributed by atoms with van der Waals surface area (Å²) in [5.74, 6) is -0.942. The molecule has 6 atom stereocenters. The number of rotatable bonds is 4. The third-order valence-electron chi connectivity index (χ3n) is 8.06. The molecule has 2 aliphatic heterocycles. The van der Waals surface area contributed by atoms with Crippen LogP contribution in [0.2, 0.25) is 0 Å². The molecule has 1 aromatic rings. The van der Waals surface area contributed by atoms with E-state index in [-0.39, 0.29) is 29.0 Å². The first-order valence-corrected chi connectivity index (χ1v) is 15.6. The fraction of sp³-hybridized carbons (Fsp3) is 0.581. The number of phenolic OH excluding ortho intramolecular Hbond substituents is 1. The molecule has 3 amide bonds. The van der Waals surface area contributed by atoms with Gasteiger partial charge in [0.15, 0.2) is 11.9 Å². The van der Waals surface area contributed by atoms with E-state index in [1.807, 2.05) is 19.9 Å². The first-order chi connectivity index (χ1) is 20.8. The summed E-state index contributed by atoms with van der Waals surface area (Å²) in [4.78, 5) is 38.0. The Morgan fingerprint density at radius 2 is 1.75 bits per heavy atom. The Morgan fingerprint density at radius 1 is 1.07 bits per heavy atom. The highest BCUT2D eigenvalue weighted by Crippen LogP contribution is 2.52. The van der Waals surface area contributed by atoms with Crippen molar-refractivity contribution in [3.05, 3.63) is 28.9 Å². The number of hydrogen-bond donors (Lipinski definition) is 5. The molecule has 0 saturated carbocycles. The van der Waals surface area contributed by atoms with Crippen LogP contribution in [0.15, 0.2) is 28.2 Å². The Hall–Kier alpha value is -3.26. The van der Waals surface area contributed by atoms with Gasteiger partial charge in [-0.25, -0.2) is 4.79 Å². The summed E-state index contributed by atoms with van der Waals surface area (Å²) < 4.78 is 22.5. The number of benzene rings is 1. The Morgan fingerprint density at radius 3 is 2.36 bits per heavy atom. The number of carbonyl (C=O) groups excluding carboxylic acids is 3. The van der Waals surface area contributed by atoms with E-state index in [1.54, 1.807) is 19.9 Å². The lowest BCUT2D eigenvalue weighted by Gasteiger charge is -2.30. The maximum atomic E-state index is 13.4. The number of anilines is 2. The molecular weight excluding hydrogens is 590 g/mol. The van der Waals surface area contributed by atoms with Crippen molar-refractivity contribution >= 4 is 41.0 Å². The predicted octanol–water partition coefficient (Wildman–Crippen LogP) is 4.13. The van der Waals surface area contributed by atoms with Crippen LogP contribution in [0.3, 0.4) is 0 Å². The van der Waals surface area contributed by atoms with Crippen molar-refractivity contribution in [3.8, 4) is 11.5 Å². The molecule has 6 unspecified atom stereocenters. The van der Waals surface area contributed by atoms with Gasteiger partial charge in [-0.15, -0.1) is 11.8 Å². The number of ether oxygens (including phenoxy) is 4. The minimum Gasteiger partial charge on any atom is -0.505 e. The van der Waals surface area contributed by atoms with Crippen molar-refractivity contribution in [1.82, 2.24) is 0 Å². The van der Waals surface area contributed by atoms with E-state index in [0.717, 1.165) is 0 Å². The van der Waals surface area contributed by atoms with Gasteiger partial charge in [0, 0.05) is 31.3 Å². The van der Waals surface area contributed by atoms with E-state index < -0.39 is 42.3 Å². The molecule has 13 heteroatoms. The monoisotopic (exact) mass is 635 g/mol. The standard InChI is InChI=1S/C31H45N3O9S/c1-15-11-19-26(37)23(29-24(28(19)42-7)33-22(35)14-44-29)34-30(38)16(2)9-8-10-20(40-5)27(43-31(32)39)18(4)13-17(3)25(36)21(12-15)41-6/h9,13,15,17,20-21,25,27,36-37H,8,10-12,14H2,1-7H3,(H2,32,39)(H,33,35)(H,34,38). The lowest BCUT2D eigenvalue weighted by atomic mass is 9.87. The summed E-state index contributed by atoms with van der Waals surface area (Å²) >= 11 is 1.20. The number of thioether (sulfide) groups is 1. The summed E-state index contributed by atoms with van der Waals surface area (Å²) in [5.41, 5.74) is 7.42. The van der Waals surface area contributed by atoms with Gasteiger partial charge >= 0.3 is 6.09 Å². The number of methoxy groups -OCH3 is 3. The Balaban J connectivity index is 2.14. The maximum absolute atomic E-state index is 13.4. The molecule has 0 aromatic heterocycles. The van der Waals surface area contributed by atoms with E-state index >= 15 is 0 Å². The smallest absolute Gasteiger partial charge is 0.405 e. The number of aliphatic hydroxyl groups excluding tert-OH is 1. The van der Waals surface area contributed by atoms with Crippen LogP contribution in [0, 0.1) is 11.8 Å². The Labute approximate surface area is 262 Å². The van der Waals surface area contributed by atoms with Crippen LogP contribution in [0.4, 0.5) is 16.2 Å². The normalized spacial score (nSPS) is 27.3. The number of nitrogens with one attached hydrogen (secondary N) is 2. The third kappa shape index (κ3) is 8.26. The molecule has 0 spiro atoms. The van der Waals surface area contributed by atoms with E-state index in [2.05, 4.69) is 10.6 Å². The van der Waals surface area contributed by atoms with Gasteiger partial charge in [-0.05, 0) is 51.0 Å². The second-order valence-corrected chi connectivity index (χ2v) is 12.4. The first-order valence-electron chi connectivity index (χ1n) is 14.6. The van der Waals surface area contributed by atoms with Crippen molar-refractivity contribution in [2.24, 2.45) is 17.6 Å². The average molecular weight is 636 g/mol. The van der Waals surface area contributed by atoms with E-state index in [9.17, 15) is 24.6 Å². The SMILES string of the molecule is COc1c2c(O)c(c3c1NC(=O)CS3)NC(=O)C(C)=CCCC(OC)C(OC(N)=O)C(C)=CC(C)C(O)C(OC)CC(C)C2. The minimum atomic E-state index is -0.958. The zero-order valence-electron chi connectivity index (χ0n) is 26.4. The molecule has 0 fully saturated rings. The first kappa shape index (κ1) is 35.2. The molecule has 6 N–H and O–H groups in total. The van der Waals surface area contributed by atoms with Crippen molar-refractivity contribution in [2.45, 2.75) is 82.7 Å². The van der Waals surface area contributed by atoms with Crippen LogP contribution >= 0.6 is 11.8 Å². The number of primary amides is 1. The highest BCUT2D eigenvalue weighted by Gasteiger charge is 2.33. The molecule has 0 aliphatic carbocycles. The van der Waals surface area contributed by atoms with E-state index in [1.165, 1.54) is 33.1 Å². The van der Waals surface area contributed by atoms with Gasteiger partial charge in [-0.2, -0.15) is 0 Å². The Kier molecular flexibility index (Phi) is 12.5. The highest BCUT2D eigenvalue weighted by molar-refractivity contribution is 8.00. The second-order valence-electron chi connectivity index (χ2n) is 11.4. The number of amides is 3. The number of fused-ring (bicyclic) bond motifs is 4. The molecule has 244 valence electrons. The summed E-state index contributed by atoms with van der Waals surface area (Å²) in [6.07, 6.45) is 1.14. The molecule has 2 heterocycles. The average Bonchev–Trinajstić information content (AvgIpc) is 2.98. The zero-order valence-corrected chi connectivity index (χ0v) is 27.2. The summed E-state index contributed by atoms with van der Waals surface area (Å²) in [6, 6.07) is 0. The maximum Gasteiger partial charge on any atom is 0.405 e. The minimum absolute atomic E-state index is 0.106. The summed E-state index contributed by atoms with van der Waals surface area (Å²) in [5, 5.41) is 28.6. The van der Waals surface area contributed by atoms with Crippen molar-refractivity contribution in [3.63, 3.8) is 0 Å². The number of carbonyl (C=O) groups is 3. The summed E-state index contributed by atoms with van der Waals surface area (Å²) in [7, 11) is 4.48. The number of aliphatic hydroxyl groups is 1. The molecule has 12 nitrogen and oxygen atoms in total. The van der Waals surface area contributed by atoms with Crippen molar-refractivity contribution in [2.75, 3.05) is 37.7 Å². The highest BCUT2D eigenvalue weighted by atomic mass is 32.2. The van der Waals surface area contributed by atoms with Gasteiger partial charge in [0.25, 0.3) is 5.91 Å². The van der Waals surface area contributed by atoms with Gasteiger partial charge < -0.3 is 45.5 Å². The summed E-state index contributed by atoms with van der Waals surface area (Å²) in [6.45, 7) is 7.22. The van der Waals surface area contributed by atoms with Gasteiger partial charge in [0.2, 0.25) is 5.91 Å². The van der Waals surface area contributed by atoms with Crippen LogP contribution in [0.5, 0.6) is 11.5 Å². The van der Waals surface area contributed by atoms with E-state index in [0.29, 0.717) is 58.7 Å². The molecule has 0 saturated heterocycles. The molecule has 0 radical (unpaired) electrons. The number of hydrogen-bond acceptors (Lipinski definition) is 10. The van der Waals surface area contributed by atoms with Crippen LogP contribution < -0.4 is 21.1 Å². The van der Waals surface area contributed by atoms with Crippen LogP contribution in [-0.2, 0) is 30.2 Å². The number of phenols is 1. The van der Waals surface area contributed by atoms with Crippen molar-refractivity contribution < 1.29 is 43.5 Å². The predicted molar refractivity (Wildman–Crippen MR) is 168 cm³/mol. The fourth-order valence-corrected chi connectivity index (χ4v) is 6.67. The van der Waals surface area contributed by atoms with E-state index in [4.69, 9.17) is 24.7 Å². The molecular formula is C31H45N3O9S. The molecule has 1 aromatic carbocycles. The molecule has 2 bridgehead atoms. The molecule has 44 heavy (non-hydrogen) atoms. The largest absolute Gasteiger partial charge is 0.505 e. The topological polar surface area (TPSA) is 179 Å². The Bertz CT molecular complexity index is 1300. The number of nitrogens with two attached hydrogens (primary N) is 1. The van der Waals surface area contributed by atoms with Crippen LogP contribution in [-0.4, -0.2) is 79.6 Å². The van der Waals surface area contributed by atoms with Gasteiger partial charge in [-0.3, -0.25) is 9.59 Å². The van der Waals surface area contributed by atoms with Crippen LogP contribution in [0.25, 0.3) is 0 Å². The third-order valence-corrected chi connectivity index (χ3v) is 9.16. The van der Waals surface area contributed by atoms with Gasteiger partial charge in [-0.1, -0.05) is 26.0 Å². The zero-order chi connectivity index (χ0) is 32.7.